The molecule has 0 bridgehead atoms. The van der Waals surface area contributed by atoms with Gasteiger partial charge in [-0.2, -0.15) is 0 Å². The molecule has 10 nitrogen and oxygen atoms in total. The Morgan fingerprint density at radius 2 is 1.94 bits per heavy atom. The number of benzene rings is 1. The number of nitrogens with zero attached hydrogens (tertiary/aromatic N) is 3. The summed E-state index contributed by atoms with van der Waals surface area (Å²) >= 11 is 0.936. The molecule has 0 radical (unpaired) electrons. The second-order valence-corrected chi connectivity index (χ2v) is 8.50. The lowest BCUT2D eigenvalue weighted by atomic mass is 9.97. The van der Waals surface area contributed by atoms with E-state index in [4.69, 9.17) is 9.47 Å². The standard InChI is InChI=1S/C22H29N5O5S/c1-3-32-13-5-11-23-18(28)15-6-4-12-27(14-15)22(30)21-26-25-20(33-21)19(29)24-16-7-9-17(31-2)10-8-16/h7-10,15H,3-6,11-14H2,1-2H3,(H,23,28)(H,24,29)/t15-/m0/s1. The van der Waals surface area contributed by atoms with Crippen LogP contribution in [-0.4, -0.2) is 72.8 Å². The van der Waals surface area contributed by atoms with Crippen LogP contribution in [0.15, 0.2) is 24.3 Å². The van der Waals surface area contributed by atoms with Crippen molar-refractivity contribution in [3.8, 4) is 5.75 Å². The number of hydrogen-bond acceptors (Lipinski definition) is 8. The van der Waals surface area contributed by atoms with Crippen LogP contribution in [0, 0.1) is 5.92 Å². The van der Waals surface area contributed by atoms with Gasteiger partial charge in [0.2, 0.25) is 15.9 Å². The number of anilines is 1. The summed E-state index contributed by atoms with van der Waals surface area (Å²) in [6.07, 6.45) is 2.21. The average molecular weight is 476 g/mol. The number of hydrogen-bond donors (Lipinski definition) is 2. The van der Waals surface area contributed by atoms with E-state index in [0.717, 1.165) is 30.6 Å². The van der Waals surface area contributed by atoms with E-state index in [0.29, 0.717) is 44.3 Å². The molecule has 0 spiro atoms. The van der Waals surface area contributed by atoms with Crippen molar-refractivity contribution < 1.29 is 23.9 Å². The van der Waals surface area contributed by atoms with Crippen molar-refractivity contribution in [1.82, 2.24) is 20.4 Å². The van der Waals surface area contributed by atoms with E-state index in [1.54, 1.807) is 36.3 Å². The number of piperidine rings is 1. The summed E-state index contributed by atoms with van der Waals surface area (Å²) in [5, 5.41) is 13.6. The Bertz CT molecular complexity index is 949. The van der Waals surface area contributed by atoms with E-state index < -0.39 is 5.91 Å². The van der Waals surface area contributed by atoms with E-state index in [1.807, 2.05) is 6.92 Å². The Kier molecular flexibility index (Phi) is 9.14. The third-order valence-corrected chi connectivity index (χ3v) is 6.11. The largest absolute Gasteiger partial charge is 0.497 e. The summed E-state index contributed by atoms with van der Waals surface area (Å²) in [4.78, 5) is 39.4. The van der Waals surface area contributed by atoms with Gasteiger partial charge in [0.15, 0.2) is 0 Å². The summed E-state index contributed by atoms with van der Waals surface area (Å²) in [7, 11) is 1.56. The number of amides is 3. The second-order valence-electron chi connectivity index (χ2n) is 7.53. The van der Waals surface area contributed by atoms with Crippen LogP contribution < -0.4 is 15.4 Å². The van der Waals surface area contributed by atoms with Gasteiger partial charge in [0, 0.05) is 38.5 Å². The topological polar surface area (TPSA) is 123 Å². The van der Waals surface area contributed by atoms with Gasteiger partial charge in [-0.15, -0.1) is 10.2 Å². The van der Waals surface area contributed by atoms with E-state index in [9.17, 15) is 14.4 Å². The molecule has 1 saturated heterocycles. The van der Waals surface area contributed by atoms with E-state index in [2.05, 4.69) is 20.8 Å². The minimum absolute atomic E-state index is 0.0548. The number of aromatic nitrogens is 2. The maximum atomic E-state index is 12.9. The van der Waals surface area contributed by atoms with Crippen molar-refractivity contribution in [3.63, 3.8) is 0 Å². The van der Waals surface area contributed by atoms with Crippen LogP contribution in [0.1, 0.15) is 45.8 Å². The second kappa shape index (κ2) is 12.3. The fourth-order valence-electron chi connectivity index (χ4n) is 3.45. The van der Waals surface area contributed by atoms with Crippen molar-refractivity contribution in [2.24, 2.45) is 5.92 Å². The molecule has 2 N–H and O–H groups in total. The van der Waals surface area contributed by atoms with Crippen LogP contribution in [-0.2, 0) is 9.53 Å². The number of methoxy groups -OCH3 is 1. The molecule has 1 fully saturated rings. The first-order chi connectivity index (χ1) is 16.0. The Balaban J connectivity index is 1.53. The van der Waals surface area contributed by atoms with Crippen molar-refractivity contribution >= 4 is 34.7 Å². The molecule has 0 unspecified atom stereocenters. The average Bonchev–Trinajstić information content (AvgIpc) is 3.34. The molecule has 33 heavy (non-hydrogen) atoms. The van der Waals surface area contributed by atoms with Gasteiger partial charge < -0.3 is 25.0 Å². The van der Waals surface area contributed by atoms with Crippen molar-refractivity contribution in [1.29, 1.82) is 0 Å². The molecule has 3 rings (SSSR count). The number of likely N-dealkylation sites (tertiary alicyclic amines) is 1. The first-order valence-electron chi connectivity index (χ1n) is 11.0. The van der Waals surface area contributed by atoms with E-state index >= 15 is 0 Å². The van der Waals surface area contributed by atoms with Gasteiger partial charge in [-0.25, -0.2) is 0 Å². The molecule has 2 heterocycles. The van der Waals surface area contributed by atoms with Gasteiger partial charge in [0.05, 0.1) is 13.0 Å². The zero-order chi connectivity index (χ0) is 23.6. The molecule has 1 aromatic carbocycles. The molecule has 0 aliphatic carbocycles. The summed E-state index contributed by atoms with van der Waals surface area (Å²) in [6.45, 7) is 4.61. The van der Waals surface area contributed by atoms with Gasteiger partial charge in [-0.3, -0.25) is 14.4 Å². The van der Waals surface area contributed by atoms with Gasteiger partial charge in [-0.1, -0.05) is 11.3 Å². The highest BCUT2D eigenvalue weighted by atomic mass is 32.1. The maximum absolute atomic E-state index is 12.9. The Labute approximate surface area is 196 Å². The maximum Gasteiger partial charge on any atom is 0.286 e. The minimum Gasteiger partial charge on any atom is -0.497 e. The SMILES string of the molecule is CCOCCCNC(=O)[C@H]1CCCN(C(=O)c2nnc(C(=O)Nc3ccc(OC)cc3)s2)C1. The smallest absolute Gasteiger partial charge is 0.286 e. The highest BCUT2D eigenvalue weighted by Gasteiger charge is 2.30. The van der Waals surface area contributed by atoms with Crippen molar-refractivity contribution in [3.05, 3.63) is 34.3 Å². The number of carbonyl (C=O) groups excluding carboxylic acids is 3. The van der Waals surface area contributed by atoms with Crippen molar-refractivity contribution in [2.45, 2.75) is 26.2 Å². The van der Waals surface area contributed by atoms with Gasteiger partial charge in [0.25, 0.3) is 11.8 Å². The highest BCUT2D eigenvalue weighted by molar-refractivity contribution is 7.15. The van der Waals surface area contributed by atoms with Gasteiger partial charge in [0.1, 0.15) is 5.75 Å². The van der Waals surface area contributed by atoms with Crippen LogP contribution in [0.4, 0.5) is 5.69 Å². The molecular weight excluding hydrogens is 446 g/mol. The number of nitrogens with one attached hydrogen (secondary N) is 2. The number of carbonyl (C=O) groups is 3. The Morgan fingerprint density at radius 1 is 1.18 bits per heavy atom. The van der Waals surface area contributed by atoms with Gasteiger partial charge >= 0.3 is 0 Å². The summed E-state index contributed by atoms with van der Waals surface area (Å²) < 4.78 is 10.4. The normalized spacial score (nSPS) is 15.7. The first kappa shape index (κ1) is 24.6. The summed E-state index contributed by atoms with van der Waals surface area (Å²) in [5.41, 5.74) is 0.579. The van der Waals surface area contributed by atoms with Crippen LogP contribution >= 0.6 is 11.3 Å². The Morgan fingerprint density at radius 3 is 2.67 bits per heavy atom. The molecule has 1 atom stereocenters. The van der Waals surface area contributed by atoms with E-state index in [-0.39, 0.29) is 27.7 Å². The lowest BCUT2D eigenvalue weighted by Crippen LogP contribution is -2.45. The minimum atomic E-state index is -0.445. The molecular formula is C22H29N5O5S. The lowest BCUT2D eigenvalue weighted by molar-refractivity contribution is -0.126. The molecule has 3 amide bonds. The molecule has 178 valence electrons. The van der Waals surface area contributed by atoms with Crippen LogP contribution in [0.25, 0.3) is 0 Å². The predicted molar refractivity (Wildman–Crippen MR) is 124 cm³/mol. The molecule has 11 heteroatoms. The quantitative estimate of drug-likeness (QED) is 0.505. The zero-order valence-corrected chi connectivity index (χ0v) is 19.7. The number of ether oxygens (including phenoxy) is 2. The lowest BCUT2D eigenvalue weighted by Gasteiger charge is -2.31. The molecule has 1 aliphatic rings. The molecule has 1 aromatic heterocycles. The Hall–Kier alpha value is -3.05. The molecule has 2 aromatic rings. The predicted octanol–water partition coefficient (Wildman–Crippen LogP) is 2.19. The molecule has 0 saturated carbocycles. The van der Waals surface area contributed by atoms with Crippen LogP contribution in [0.3, 0.4) is 0 Å². The summed E-state index contributed by atoms with van der Waals surface area (Å²) in [5.74, 6) is -0.401. The number of rotatable bonds is 10. The van der Waals surface area contributed by atoms with Crippen LogP contribution in [0.2, 0.25) is 0 Å². The monoisotopic (exact) mass is 475 g/mol. The highest BCUT2D eigenvalue weighted by Crippen LogP contribution is 2.21. The zero-order valence-electron chi connectivity index (χ0n) is 18.8. The summed E-state index contributed by atoms with van der Waals surface area (Å²) in [6, 6.07) is 6.87. The fraction of sp³-hybridized carbons (Fsp3) is 0.500. The van der Waals surface area contributed by atoms with Crippen LogP contribution in [0.5, 0.6) is 5.75 Å². The first-order valence-corrected chi connectivity index (χ1v) is 11.8. The molecule has 1 aliphatic heterocycles. The fourth-order valence-corrected chi connectivity index (χ4v) is 4.15. The third-order valence-electron chi connectivity index (χ3n) is 5.20. The van der Waals surface area contributed by atoms with E-state index in [1.165, 1.54) is 0 Å². The van der Waals surface area contributed by atoms with Gasteiger partial charge in [-0.05, 0) is 50.5 Å². The third kappa shape index (κ3) is 6.96. The van der Waals surface area contributed by atoms with Crippen molar-refractivity contribution in [2.75, 3.05) is 45.3 Å².